The summed E-state index contributed by atoms with van der Waals surface area (Å²) in [5.41, 5.74) is 2.27. The predicted molar refractivity (Wildman–Crippen MR) is 90.3 cm³/mol. The van der Waals surface area contributed by atoms with Gasteiger partial charge < -0.3 is 29.1 Å². The summed E-state index contributed by atoms with van der Waals surface area (Å²) in [7, 11) is 0. The van der Waals surface area contributed by atoms with Crippen LogP contribution in [0.1, 0.15) is 26.7 Å². The fraction of sp³-hybridized carbons (Fsp3) is 0.600. The minimum absolute atomic E-state index is 0.0148. The summed E-state index contributed by atoms with van der Waals surface area (Å²) in [4.78, 5) is 30.5. The monoisotopic (exact) mass is 385 g/mol. The number of nitrogens with zero attached hydrogens (tertiary/aromatic N) is 3. The Kier molecular flexibility index (Phi) is 7.75. The van der Waals surface area contributed by atoms with Crippen molar-refractivity contribution in [2.24, 2.45) is 0 Å². The van der Waals surface area contributed by atoms with Crippen molar-refractivity contribution in [3.05, 3.63) is 11.3 Å². The molecule has 0 saturated carbocycles. The third-order valence-corrected chi connectivity index (χ3v) is 3.97. The van der Waals surface area contributed by atoms with Gasteiger partial charge in [0.25, 0.3) is 5.88 Å². The van der Waals surface area contributed by atoms with Crippen LogP contribution in [0, 0.1) is 0 Å². The molecule has 1 fully saturated rings. The molecule has 1 aliphatic heterocycles. The molecule has 1 saturated heterocycles. The Labute approximate surface area is 155 Å². The van der Waals surface area contributed by atoms with Gasteiger partial charge in [0, 0.05) is 19.6 Å². The van der Waals surface area contributed by atoms with E-state index in [-0.39, 0.29) is 17.9 Å². The number of carboxylic acid groups (broad SMARTS) is 1. The molecule has 2 rings (SSSR count). The lowest BCUT2D eigenvalue weighted by molar-refractivity contribution is -0.302. The van der Waals surface area contributed by atoms with Gasteiger partial charge in [-0.2, -0.15) is 9.85 Å². The van der Waals surface area contributed by atoms with Crippen molar-refractivity contribution in [1.29, 1.82) is 0 Å². The molecule has 1 aromatic heterocycles. The first-order valence-electron chi connectivity index (χ1n) is 8.30. The van der Waals surface area contributed by atoms with Crippen LogP contribution in [0.25, 0.3) is 0 Å². The average Bonchev–Trinajstić information content (AvgIpc) is 3.11. The van der Waals surface area contributed by atoms with E-state index in [0.717, 1.165) is 11.7 Å². The highest BCUT2D eigenvalue weighted by atomic mass is 32.1. The highest BCUT2D eigenvalue weighted by molar-refractivity contribution is 6.99. The first-order chi connectivity index (χ1) is 12.6. The molecule has 1 aliphatic rings. The summed E-state index contributed by atoms with van der Waals surface area (Å²) in [6.45, 7) is 6.13. The van der Waals surface area contributed by atoms with Crippen molar-refractivity contribution in [3.8, 4) is 5.88 Å². The molecule has 0 bridgehead atoms. The molecule has 1 N–H and O–H groups in total. The zero-order valence-electron chi connectivity index (χ0n) is 14.6. The van der Waals surface area contributed by atoms with Gasteiger partial charge in [-0.3, -0.25) is 0 Å². The second-order valence-electron chi connectivity index (χ2n) is 5.33. The maximum absolute atomic E-state index is 12.2. The molecule has 0 amide bonds. The molecule has 0 aliphatic carbocycles. The Morgan fingerprint density at radius 3 is 2.65 bits per heavy atom. The largest absolute Gasteiger partial charge is 0.542 e. The van der Waals surface area contributed by atoms with E-state index in [4.69, 9.17) is 14.3 Å². The van der Waals surface area contributed by atoms with Crippen molar-refractivity contribution >= 4 is 29.5 Å². The van der Waals surface area contributed by atoms with Crippen LogP contribution < -0.4 is 20.2 Å². The molecule has 0 radical (unpaired) electrons. The summed E-state index contributed by atoms with van der Waals surface area (Å²) < 4.78 is 18.9. The number of hydrogen-bond donors (Lipinski definition) is 1. The van der Waals surface area contributed by atoms with Crippen LogP contribution in [0.4, 0.5) is 5.82 Å². The first-order valence-corrected chi connectivity index (χ1v) is 9.03. The van der Waals surface area contributed by atoms with E-state index in [1.807, 2.05) is 4.90 Å². The highest BCUT2D eigenvalue weighted by Crippen LogP contribution is 2.29. The SMILES string of the molecule is CCC/C(C(=O)ONCC)=C(\Oc1nsnc1N1CCOCC1)C(=O)[O-]. The number of morpholine rings is 1. The van der Waals surface area contributed by atoms with Gasteiger partial charge in [0.05, 0.1) is 30.5 Å². The molecular formula is C15H21N4O6S-. The summed E-state index contributed by atoms with van der Waals surface area (Å²) in [5.74, 6) is -2.64. The topological polar surface area (TPSA) is 126 Å². The smallest absolute Gasteiger partial charge is 0.356 e. The fourth-order valence-electron chi connectivity index (χ4n) is 2.29. The maximum atomic E-state index is 12.2. The van der Waals surface area contributed by atoms with Gasteiger partial charge in [-0.05, 0) is 13.3 Å². The second-order valence-corrected chi connectivity index (χ2v) is 5.86. The molecular weight excluding hydrogens is 364 g/mol. The minimum Gasteiger partial charge on any atom is -0.542 e. The number of aromatic nitrogens is 2. The number of carbonyl (C=O) groups is 2. The van der Waals surface area contributed by atoms with Crippen molar-refractivity contribution in [2.75, 3.05) is 37.7 Å². The van der Waals surface area contributed by atoms with Gasteiger partial charge in [0.2, 0.25) is 5.82 Å². The normalized spacial score (nSPS) is 15.4. The van der Waals surface area contributed by atoms with Gasteiger partial charge >= 0.3 is 5.97 Å². The predicted octanol–water partition coefficient (Wildman–Crippen LogP) is -0.375. The van der Waals surface area contributed by atoms with Crippen LogP contribution in [0.5, 0.6) is 5.88 Å². The zero-order valence-corrected chi connectivity index (χ0v) is 15.5. The van der Waals surface area contributed by atoms with Crippen molar-refractivity contribution in [3.63, 3.8) is 0 Å². The molecule has 0 atom stereocenters. The van der Waals surface area contributed by atoms with Crippen LogP contribution >= 0.6 is 11.7 Å². The molecule has 2 heterocycles. The van der Waals surface area contributed by atoms with E-state index in [2.05, 4.69) is 14.2 Å². The number of carbonyl (C=O) groups excluding carboxylic acids is 2. The number of ether oxygens (including phenoxy) is 2. The number of hydrogen-bond acceptors (Lipinski definition) is 11. The van der Waals surface area contributed by atoms with E-state index >= 15 is 0 Å². The average molecular weight is 385 g/mol. The molecule has 11 heteroatoms. The molecule has 0 unspecified atom stereocenters. The van der Waals surface area contributed by atoms with Crippen LogP contribution in [0.2, 0.25) is 0 Å². The molecule has 26 heavy (non-hydrogen) atoms. The van der Waals surface area contributed by atoms with E-state index in [0.29, 0.717) is 45.1 Å². The summed E-state index contributed by atoms with van der Waals surface area (Å²) in [6, 6.07) is 0. The lowest BCUT2D eigenvalue weighted by Gasteiger charge is -2.27. The molecule has 0 spiro atoms. The zero-order chi connectivity index (χ0) is 18.9. The minimum atomic E-state index is -1.62. The van der Waals surface area contributed by atoms with Gasteiger partial charge in [-0.25, -0.2) is 4.79 Å². The van der Waals surface area contributed by atoms with E-state index in [1.165, 1.54) is 0 Å². The molecule has 10 nitrogen and oxygen atoms in total. The molecule has 144 valence electrons. The summed E-state index contributed by atoms with van der Waals surface area (Å²) in [6.07, 6.45) is 0.667. The van der Waals surface area contributed by atoms with Gasteiger partial charge in [0.1, 0.15) is 5.97 Å². The summed E-state index contributed by atoms with van der Waals surface area (Å²) >= 11 is 0.889. The Morgan fingerprint density at radius 1 is 1.31 bits per heavy atom. The number of anilines is 1. The van der Waals surface area contributed by atoms with Crippen LogP contribution in [-0.2, 0) is 19.2 Å². The van der Waals surface area contributed by atoms with Crippen LogP contribution in [0.3, 0.4) is 0 Å². The molecule has 1 aromatic rings. The Hall–Kier alpha value is -2.24. The Bertz CT molecular complexity index is 656. The third kappa shape index (κ3) is 5.13. The lowest BCUT2D eigenvalue weighted by Crippen LogP contribution is -2.37. The Balaban J connectivity index is 2.30. The number of hydroxylamine groups is 1. The standard InChI is InChI=1S/C15H22N4O6S/c1-3-5-10(15(22)25-16-4-2)11(14(20)21)24-13-12(17-26-18-13)19-6-8-23-9-7-19/h16H,3-9H2,1-2H3,(H,20,21)/p-1/b11-10+. The highest BCUT2D eigenvalue weighted by Gasteiger charge is 2.25. The van der Waals surface area contributed by atoms with Gasteiger partial charge in [-0.15, -0.1) is 4.37 Å². The first kappa shape index (κ1) is 20.1. The van der Waals surface area contributed by atoms with Crippen molar-refractivity contribution in [1.82, 2.24) is 14.2 Å². The quantitative estimate of drug-likeness (QED) is 0.342. The lowest BCUT2D eigenvalue weighted by atomic mass is 10.1. The number of aliphatic carboxylic acids is 1. The van der Waals surface area contributed by atoms with Gasteiger partial charge in [0.15, 0.2) is 5.76 Å². The van der Waals surface area contributed by atoms with E-state index in [1.54, 1.807) is 13.8 Å². The van der Waals surface area contributed by atoms with E-state index in [9.17, 15) is 14.7 Å². The third-order valence-electron chi connectivity index (χ3n) is 3.47. The van der Waals surface area contributed by atoms with Crippen molar-refractivity contribution < 1.29 is 29.0 Å². The van der Waals surface area contributed by atoms with Crippen LogP contribution in [0.15, 0.2) is 11.3 Å². The summed E-state index contributed by atoms with van der Waals surface area (Å²) in [5, 5.41) is 11.6. The fourth-order valence-corrected chi connectivity index (χ4v) is 2.79. The van der Waals surface area contributed by atoms with E-state index < -0.39 is 17.7 Å². The van der Waals surface area contributed by atoms with Gasteiger partial charge in [-0.1, -0.05) is 13.3 Å². The number of carboxylic acids is 1. The van der Waals surface area contributed by atoms with Crippen molar-refractivity contribution in [2.45, 2.75) is 26.7 Å². The number of nitrogens with one attached hydrogen (secondary N) is 1. The maximum Gasteiger partial charge on any atom is 0.356 e. The Morgan fingerprint density at radius 2 is 2.04 bits per heavy atom. The molecule has 0 aromatic carbocycles. The second kappa shape index (κ2) is 10.0. The number of rotatable bonds is 9. The van der Waals surface area contributed by atoms with Crippen LogP contribution in [-0.4, -0.2) is 53.5 Å².